The quantitative estimate of drug-likeness (QED) is 0.864. The topological polar surface area (TPSA) is 73.1 Å². The molecule has 0 radical (unpaired) electrons. The Hall–Kier alpha value is -1.73. The van der Waals surface area contributed by atoms with Crippen molar-refractivity contribution in [3.05, 3.63) is 28.8 Å². The molecule has 0 aromatic heterocycles. The summed E-state index contributed by atoms with van der Waals surface area (Å²) < 4.78 is 0. The molecule has 0 unspecified atom stereocenters. The second-order valence-electron chi connectivity index (χ2n) is 4.38. The van der Waals surface area contributed by atoms with Gasteiger partial charge in [0.2, 0.25) is 0 Å². The molecule has 0 fully saturated rings. The van der Waals surface area contributed by atoms with Crippen molar-refractivity contribution < 1.29 is 9.90 Å². The van der Waals surface area contributed by atoms with E-state index in [4.69, 9.17) is 22.0 Å². The highest BCUT2D eigenvalue weighted by Gasteiger charge is 2.22. The summed E-state index contributed by atoms with van der Waals surface area (Å²) in [4.78, 5) is 10.7. The van der Waals surface area contributed by atoms with Crippen LogP contribution in [0.3, 0.4) is 0 Å². The van der Waals surface area contributed by atoms with Gasteiger partial charge in [-0.25, -0.2) is 0 Å². The summed E-state index contributed by atoms with van der Waals surface area (Å²) in [6.07, 6.45) is -0.0412. The molecule has 0 aliphatic carbocycles. The fourth-order valence-electron chi connectivity index (χ4n) is 1.50. The number of benzene rings is 1. The third-order valence-corrected chi connectivity index (χ3v) is 2.40. The predicted molar refractivity (Wildman–Crippen MR) is 66.1 cm³/mol. The van der Waals surface area contributed by atoms with E-state index in [2.05, 4.69) is 5.32 Å². The minimum absolute atomic E-state index is 0.0412. The van der Waals surface area contributed by atoms with Crippen molar-refractivity contribution in [1.82, 2.24) is 0 Å². The summed E-state index contributed by atoms with van der Waals surface area (Å²) in [5.74, 6) is -0.894. The molecular weight excluding hydrogens is 240 g/mol. The Morgan fingerprint density at radius 1 is 1.59 bits per heavy atom. The summed E-state index contributed by atoms with van der Waals surface area (Å²) in [5.41, 5.74) is 0.352. The molecule has 0 spiro atoms. The van der Waals surface area contributed by atoms with Crippen molar-refractivity contribution >= 4 is 23.3 Å². The zero-order valence-electron chi connectivity index (χ0n) is 9.62. The number of hydrogen-bond acceptors (Lipinski definition) is 3. The van der Waals surface area contributed by atoms with Crippen LogP contribution in [-0.2, 0) is 4.79 Å². The third kappa shape index (κ3) is 3.97. The van der Waals surface area contributed by atoms with Crippen molar-refractivity contribution in [1.29, 1.82) is 5.26 Å². The van der Waals surface area contributed by atoms with E-state index in [0.29, 0.717) is 16.3 Å². The van der Waals surface area contributed by atoms with Gasteiger partial charge in [0.25, 0.3) is 0 Å². The molecule has 1 aromatic rings. The van der Waals surface area contributed by atoms with Gasteiger partial charge in [-0.3, -0.25) is 4.79 Å². The molecule has 0 aliphatic heterocycles. The highest BCUT2D eigenvalue weighted by atomic mass is 35.5. The molecule has 1 aromatic carbocycles. The molecule has 0 amide bonds. The van der Waals surface area contributed by atoms with Crippen LogP contribution in [0.2, 0.25) is 5.02 Å². The van der Waals surface area contributed by atoms with Crippen LogP contribution in [-0.4, -0.2) is 16.6 Å². The van der Waals surface area contributed by atoms with Crippen LogP contribution in [0.15, 0.2) is 18.2 Å². The molecule has 5 heteroatoms. The van der Waals surface area contributed by atoms with E-state index in [0.717, 1.165) is 0 Å². The van der Waals surface area contributed by atoms with E-state index in [-0.39, 0.29) is 6.42 Å². The van der Waals surface area contributed by atoms with Gasteiger partial charge in [-0.2, -0.15) is 5.26 Å². The van der Waals surface area contributed by atoms with Crippen molar-refractivity contribution in [2.75, 3.05) is 5.32 Å². The molecule has 0 saturated heterocycles. The molecule has 0 bridgehead atoms. The maximum atomic E-state index is 10.7. The zero-order valence-corrected chi connectivity index (χ0v) is 10.4. The number of nitriles is 1. The molecule has 0 saturated carbocycles. The number of halogens is 1. The first-order valence-corrected chi connectivity index (χ1v) is 5.41. The first-order valence-electron chi connectivity index (χ1n) is 5.04. The Labute approximate surface area is 105 Å². The highest BCUT2D eigenvalue weighted by Crippen LogP contribution is 2.24. The van der Waals surface area contributed by atoms with Gasteiger partial charge in [0, 0.05) is 10.6 Å². The lowest BCUT2D eigenvalue weighted by atomic mass is 9.99. The summed E-state index contributed by atoms with van der Waals surface area (Å²) >= 11 is 5.78. The summed E-state index contributed by atoms with van der Waals surface area (Å²) in [7, 11) is 0. The number of anilines is 1. The van der Waals surface area contributed by atoms with E-state index in [1.807, 2.05) is 6.07 Å². The molecular formula is C12H13ClN2O2. The van der Waals surface area contributed by atoms with Gasteiger partial charge in [-0.1, -0.05) is 11.6 Å². The SMILES string of the molecule is CC(C)(CC(=O)O)Nc1ccc(Cl)cc1C#N. The van der Waals surface area contributed by atoms with Gasteiger partial charge < -0.3 is 10.4 Å². The van der Waals surface area contributed by atoms with Crippen LogP contribution in [0.5, 0.6) is 0 Å². The van der Waals surface area contributed by atoms with Gasteiger partial charge >= 0.3 is 5.97 Å². The number of nitrogens with one attached hydrogen (secondary N) is 1. The number of carboxylic acids is 1. The van der Waals surface area contributed by atoms with Gasteiger partial charge in [0.05, 0.1) is 17.7 Å². The number of hydrogen-bond donors (Lipinski definition) is 2. The Morgan fingerprint density at radius 3 is 2.76 bits per heavy atom. The summed E-state index contributed by atoms with van der Waals surface area (Å²) in [5, 5.41) is 21.2. The maximum absolute atomic E-state index is 10.7. The lowest BCUT2D eigenvalue weighted by Crippen LogP contribution is -2.33. The molecule has 0 aliphatic rings. The Morgan fingerprint density at radius 2 is 2.24 bits per heavy atom. The third-order valence-electron chi connectivity index (χ3n) is 2.17. The molecule has 0 atom stereocenters. The van der Waals surface area contributed by atoms with Gasteiger partial charge in [0.15, 0.2) is 0 Å². The smallest absolute Gasteiger partial charge is 0.305 e. The monoisotopic (exact) mass is 252 g/mol. The van der Waals surface area contributed by atoms with E-state index in [1.54, 1.807) is 32.0 Å². The molecule has 1 rings (SSSR count). The first kappa shape index (κ1) is 13.3. The van der Waals surface area contributed by atoms with Crippen LogP contribution >= 0.6 is 11.6 Å². The van der Waals surface area contributed by atoms with Crippen LogP contribution in [0.4, 0.5) is 5.69 Å². The van der Waals surface area contributed by atoms with Gasteiger partial charge in [0.1, 0.15) is 6.07 Å². The largest absolute Gasteiger partial charge is 0.481 e. The van der Waals surface area contributed by atoms with E-state index in [1.165, 1.54) is 0 Å². The van der Waals surface area contributed by atoms with Gasteiger partial charge in [-0.15, -0.1) is 0 Å². The van der Waals surface area contributed by atoms with Gasteiger partial charge in [-0.05, 0) is 32.0 Å². The average Bonchev–Trinajstić information content (AvgIpc) is 2.18. The van der Waals surface area contributed by atoms with Crippen LogP contribution in [0, 0.1) is 11.3 Å². The lowest BCUT2D eigenvalue weighted by Gasteiger charge is -2.26. The lowest BCUT2D eigenvalue weighted by molar-refractivity contribution is -0.137. The Balaban J connectivity index is 2.95. The van der Waals surface area contributed by atoms with Crippen LogP contribution in [0.25, 0.3) is 0 Å². The molecule has 0 heterocycles. The van der Waals surface area contributed by atoms with Crippen molar-refractivity contribution in [2.45, 2.75) is 25.8 Å². The molecule has 17 heavy (non-hydrogen) atoms. The number of carbonyl (C=O) groups is 1. The fraction of sp³-hybridized carbons (Fsp3) is 0.333. The number of carboxylic acid groups (broad SMARTS) is 1. The zero-order chi connectivity index (χ0) is 13.1. The van der Waals surface area contributed by atoms with E-state index >= 15 is 0 Å². The normalized spacial score (nSPS) is 10.7. The first-order chi connectivity index (χ1) is 7.84. The predicted octanol–water partition coefficient (Wildman–Crippen LogP) is 2.88. The summed E-state index contributed by atoms with van der Waals surface area (Å²) in [6.45, 7) is 3.52. The Bertz CT molecular complexity index is 478. The van der Waals surface area contributed by atoms with Crippen molar-refractivity contribution in [3.8, 4) is 6.07 Å². The van der Waals surface area contributed by atoms with Crippen molar-refractivity contribution in [3.63, 3.8) is 0 Å². The van der Waals surface area contributed by atoms with Crippen molar-refractivity contribution in [2.24, 2.45) is 0 Å². The number of nitrogens with zero attached hydrogens (tertiary/aromatic N) is 1. The Kier molecular flexibility index (Phi) is 3.97. The van der Waals surface area contributed by atoms with E-state index < -0.39 is 11.5 Å². The van der Waals surface area contributed by atoms with Crippen LogP contribution in [0.1, 0.15) is 25.8 Å². The molecule has 2 N–H and O–H groups in total. The molecule has 4 nitrogen and oxygen atoms in total. The number of aliphatic carboxylic acids is 1. The number of rotatable bonds is 4. The standard InChI is InChI=1S/C12H13ClN2O2/c1-12(2,6-11(16)17)15-10-4-3-9(13)5-8(10)7-14/h3-5,15H,6H2,1-2H3,(H,16,17). The average molecular weight is 253 g/mol. The van der Waals surface area contributed by atoms with Crippen LogP contribution < -0.4 is 5.32 Å². The van der Waals surface area contributed by atoms with E-state index in [9.17, 15) is 4.79 Å². The second-order valence-corrected chi connectivity index (χ2v) is 4.82. The molecule has 90 valence electrons. The highest BCUT2D eigenvalue weighted by molar-refractivity contribution is 6.30. The minimum Gasteiger partial charge on any atom is -0.481 e. The second kappa shape index (κ2) is 5.07. The fourth-order valence-corrected chi connectivity index (χ4v) is 1.68. The minimum atomic E-state index is -0.894. The summed E-state index contributed by atoms with van der Waals surface area (Å²) in [6, 6.07) is 6.89. The maximum Gasteiger partial charge on any atom is 0.305 e.